The van der Waals surface area contributed by atoms with E-state index >= 15 is 0 Å². The Morgan fingerprint density at radius 1 is 1.06 bits per heavy atom. The predicted molar refractivity (Wildman–Crippen MR) is 135 cm³/mol. The number of hydrogen-bond donors (Lipinski definition) is 1. The third kappa shape index (κ3) is 3.64. The lowest BCUT2D eigenvalue weighted by Gasteiger charge is -2.51. The molecule has 0 spiro atoms. The van der Waals surface area contributed by atoms with E-state index in [9.17, 15) is 0 Å². The van der Waals surface area contributed by atoms with Gasteiger partial charge in [0.25, 0.3) is 0 Å². The zero-order chi connectivity index (χ0) is 22.4. The number of ether oxygens (including phenoxy) is 1. The average molecular weight is 457 g/mol. The molecule has 2 heterocycles. The SMILES string of the molecule is COc1cccc(C23CCN(Cc4ccccc4)CC2Cc2c([nH]c4cc(Cl)ccc24)C3)c1. The first-order chi connectivity index (χ1) is 16.1. The monoisotopic (exact) mass is 456 g/mol. The standard InChI is InChI=1S/C29H29ClN2O/c1-33-24-9-5-8-21(14-24)29-12-13-32(18-20-6-3-2-4-7-20)19-22(29)15-26-25-11-10-23(30)16-27(25)31-28(26)17-29/h2-11,14,16,22,31H,12-13,15,17-19H2,1H3. The van der Waals surface area contributed by atoms with Crippen molar-refractivity contribution in [3.8, 4) is 5.75 Å². The molecule has 6 rings (SSSR count). The maximum Gasteiger partial charge on any atom is 0.119 e. The molecule has 1 fully saturated rings. The van der Waals surface area contributed by atoms with Crippen molar-refractivity contribution in [2.24, 2.45) is 5.92 Å². The number of rotatable bonds is 4. The van der Waals surface area contributed by atoms with Crippen LogP contribution in [0.3, 0.4) is 0 Å². The molecule has 4 aromatic rings. The minimum Gasteiger partial charge on any atom is -0.497 e. The molecule has 4 heteroatoms. The van der Waals surface area contributed by atoms with Crippen LogP contribution in [0.4, 0.5) is 0 Å². The zero-order valence-electron chi connectivity index (χ0n) is 19.0. The molecule has 3 aromatic carbocycles. The fraction of sp³-hybridized carbons (Fsp3) is 0.310. The second-order valence-electron chi connectivity index (χ2n) is 9.71. The minimum atomic E-state index is 0.111. The normalized spacial score (nSPS) is 22.7. The number of hydrogen-bond acceptors (Lipinski definition) is 2. The summed E-state index contributed by atoms with van der Waals surface area (Å²) in [6.45, 7) is 3.22. The summed E-state index contributed by atoms with van der Waals surface area (Å²) in [6.07, 6.45) is 3.26. The van der Waals surface area contributed by atoms with Gasteiger partial charge >= 0.3 is 0 Å². The lowest BCUT2D eigenvalue weighted by Crippen LogP contribution is -2.53. The van der Waals surface area contributed by atoms with E-state index in [2.05, 4.69) is 76.6 Å². The van der Waals surface area contributed by atoms with Gasteiger partial charge in [-0.1, -0.05) is 60.1 Å². The van der Waals surface area contributed by atoms with E-state index < -0.39 is 0 Å². The molecule has 2 aliphatic rings. The van der Waals surface area contributed by atoms with Crippen LogP contribution in [-0.2, 0) is 24.8 Å². The van der Waals surface area contributed by atoms with Crippen LogP contribution in [0, 0.1) is 5.92 Å². The average Bonchev–Trinajstić information content (AvgIpc) is 3.19. The number of benzene rings is 3. The summed E-state index contributed by atoms with van der Waals surface area (Å²) in [7, 11) is 1.76. The fourth-order valence-electron chi connectivity index (χ4n) is 6.26. The van der Waals surface area contributed by atoms with Gasteiger partial charge in [-0.05, 0) is 72.7 Å². The van der Waals surface area contributed by atoms with Crippen molar-refractivity contribution in [1.82, 2.24) is 9.88 Å². The van der Waals surface area contributed by atoms with Gasteiger partial charge in [0.2, 0.25) is 0 Å². The van der Waals surface area contributed by atoms with Crippen LogP contribution in [-0.4, -0.2) is 30.1 Å². The van der Waals surface area contributed by atoms with Crippen LogP contribution < -0.4 is 4.74 Å². The number of piperidine rings is 1. The topological polar surface area (TPSA) is 28.3 Å². The number of likely N-dealkylation sites (tertiary alicyclic amines) is 1. The van der Waals surface area contributed by atoms with E-state index in [1.165, 1.54) is 27.8 Å². The molecule has 1 saturated heterocycles. The van der Waals surface area contributed by atoms with Crippen molar-refractivity contribution in [3.63, 3.8) is 0 Å². The molecule has 2 atom stereocenters. The van der Waals surface area contributed by atoms with Crippen LogP contribution in [0.25, 0.3) is 10.9 Å². The van der Waals surface area contributed by atoms with Gasteiger partial charge in [0.05, 0.1) is 7.11 Å². The molecule has 3 nitrogen and oxygen atoms in total. The molecule has 1 N–H and O–H groups in total. The molecule has 1 aromatic heterocycles. The minimum absolute atomic E-state index is 0.111. The quantitative estimate of drug-likeness (QED) is 0.385. The van der Waals surface area contributed by atoms with Crippen molar-refractivity contribution < 1.29 is 4.74 Å². The van der Waals surface area contributed by atoms with Crippen LogP contribution in [0.2, 0.25) is 5.02 Å². The molecule has 2 unspecified atom stereocenters. The molecule has 0 bridgehead atoms. The van der Waals surface area contributed by atoms with E-state index in [0.29, 0.717) is 5.92 Å². The molecule has 1 aliphatic heterocycles. The summed E-state index contributed by atoms with van der Waals surface area (Å²) >= 11 is 6.32. The number of methoxy groups -OCH3 is 1. The van der Waals surface area contributed by atoms with Crippen molar-refractivity contribution in [2.45, 2.75) is 31.2 Å². The predicted octanol–water partition coefficient (Wildman–Crippen LogP) is 6.39. The number of H-pyrrole nitrogens is 1. The highest BCUT2D eigenvalue weighted by atomic mass is 35.5. The Hall–Kier alpha value is -2.75. The molecule has 0 saturated carbocycles. The van der Waals surface area contributed by atoms with Gasteiger partial charge in [-0.2, -0.15) is 0 Å². The van der Waals surface area contributed by atoms with E-state index in [1.807, 2.05) is 6.07 Å². The summed E-state index contributed by atoms with van der Waals surface area (Å²) in [4.78, 5) is 6.38. The summed E-state index contributed by atoms with van der Waals surface area (Å²) in [5.41, 5.74) is 6.93. The first kappa shape index (κ1) is 20.8. The molecule has 1 aliphatic carbocycles. The summed E-state index contributed by atoms with van der Waals surface area (Å²) in [5, 5.41) is 2.11. The lowest BCUT2D eigenvalue weighted by atomic mass is 9.58. The third-order valence-electron chi connectivity index (χ3n) is 7.93. The van der Waals surface area contributed by atoms with E-state index in [4.69, 9.17) is 16.3 Å². The van der Waals surface area contributed by atoms with Crippen molar-refractivity contribution in [3.05, 3.63) is 100 Å². The first-order valence-electron chi connectivity index (χ1n) is 11.8. The molecular weight excluding hydrogens is 428 g/mol. The summed E-state index contributed by atoms with van der Waals surface area (Å²) in [6, 6.07) is 25.9. The van der Waals surface area contributed by atoms with E-state index in [-0.39, 0.29) is 5.41 Å². The molecule has 0 amide bonds. The van der Waals surface area contributed by atoms with Gasteiger partial charge in [-0.15, -0.1) is 0 Å². The highest BCUT2D eigenvalue weighted by Crippen LogP contribution is 2.49. The van der Waals surface area contributed by atoms with Gasteiger partial charge < -0.3 is 9.72 Å². The molecular formula is C29H29ClN2O. The Balaban J connectivity index is 1.41. The fourth-order valence-corrected chi connectivity index (χ4v) is 6.43. The van der Waals surface area contributed by atoms with Crippen LogP contribution in [0.15, 0.2) is 72.8 Å². The van der Waals surface area contributed by atoms with Gasteiger partial charge in [-0.25, -0.2) is 0 Å². The summed E-state index contributed by atoms with van der Waals surface area (Å²) < 4.78 is 5.62. The number of nitrogens with one attached hydrogen (secondary N) is 1. The highest BCUT2D eigenvalue weighted by Gasteiger charge is 2.48. The van der Waals surface area contributed by atoms with Crippen LogP contribution >= 0.6 is 11.6 Å². The van der Waals surface area contributed by atoms with Gasteiger partial charge in [0.15, 0.2) is 0 Å². The second-order valence-corrected chi connectivity index (χ2v) is 10.1. The molecule has 33 heavy (non-hydrogen) atoms. The van der Waals surface area contributed by atoms with Crippen LogP contribution in [0.5, 0.6) is 5.75 Å². The third-order valence-corrected chi connectivity index (χ3v) is 8.16. The van der Waals surface area contributed by atoms with Gasteiger partial charge in [-0.3, -0.25) is 4.90 Å². The van der Waals surface area contributed by atoms with E-state index in [1.54, 1.807) is 7.11 Å². The Morgan fingerprint density at radius 2 is 1.94 bits per heavy atom. The van der Waals surface area contributed by atoms with Crippen LogP contribution in [0.1, 0.15) is 28.8 Å². The number of aromatic amines is 1. The number of fused-ring (bicyclic) bond motifs is 4. The second kappa shape index (κ2) is 8.23. The number of nitrogens with zero attached hydrogens (tertiary/aromatic N) is 1. The highest BCUT2D eigenvalue weighted by molar-refractivity contribution is 6.31. The largest absolute Gasteiger partial charge is 0.497 e. The Morgan fingerprint density at radius 3 is 2.79 bits per heavy atom. The van der Waals surface area contributed by atoms with Crippen molar-refractivity contribution >= 4 is 22.5 Å². The summed E-state index contributed by atoms with van der Waals surface area (Å²) in [5.74, 6) is 1.49. The maximum absolute atomic E-state index is 6.32. The zero-order valence-corrected chi connectivity index (χ0v) is 19.7. The smallest absolute Gasteiger partial charge is 0.119 e. The first-order valence-corrected chi connectivity index (χ1v) is 12.2. The number of halogens is 1. The Labute approximate surface area is 200 Å². The van der Waals surface area contributed by atoms with Crippen molar-refractivity contribution in [1.29, 1.82) is 0 Å². The van der Waals surface area contributed by atoms with E-state index in [0.717, 1.165) is 55.2 Å². The van der Waals surface area contributed by atoms with Gasteiger partial charge in [0.1, 0.15) is 5.75 Å². The lowest BCUT2D eigenvalue weighted by molar-refractivity contribution is 0.0765. The Kier molecular flexibility index (Phi) is 5.20. The molecule has 0 radical (unpaired) electrons. The Bertz CT molecular complexity index is 1300. The van der Waals surface area contributed by atoms with Gasteiger partial charge in [0, 0.05) is 40.1 Å². The van der Waals surface area contributed by atoms with Crippen molar-refractivity contribution in [2.75, 3.05) is 20.2 Å². The molecule has 168 valence electrons. The maximum atomic E-state index is 6.32. The number of aromatic nitrogens is 1.